The first kappa shape index (κ1) is 25.4. The SMILES string of the molecule is CCN(CCCNC(=O)C(CCSC)NC(=O)c1ccc(Cl)cc1Cl)c1ccccc1. The average molecular weight is 482 g/mol. The minimum Gasteiger partial charge on any atom is -0.372 e. The third-order valence-electron chi connectivity index (χ3n) is 4.82. The molecule has 168 valence electrons. The van der Waals surface area contributed by atoms with Crippen LogP contribution in [0.3, 0.4) is 0 Å². The first-order valence-electron chi connectivity index (χ1n) is 10.3. The molecule has 0 aliphatic carbocycles. The molecule has 2 aromatic carbocycles. The van der Waals surface area contributed by atoms with E-state index in [1.807, 2.05) is 24.5 Å². The largest absolute Gasteiger partial charge is 0.372 e. The van der Waals surface area contributed by atoms with Crippen molar-refractivity contribution in [2.75, 3.05) is 36.5 Å². The first-order chi connectivity index (χ1) is 15.0. The molecule has 2 rings (SSSR count). The standard InChI is InChI=1S/C23H29Cl2N3O2S/c1-3-28(18-8-5-4-6-9-18)14-7-13-26-23(30)21(12-15-31-2)27-22(29)19-11-10-17(24)16-20(19)25/h4-6,8-11,16,21H,3,7,12-15H2,1-2H3,(H,26,30)(H,27,29). The van der Waals surface area contributed by atoms with Crippen LogP contribution in [0, 0.1) is 0 Å². The lowest BCUT2D eigenvalue weighted by atomic mass is 10.1. The maximum Gasteiger partial charge on any atom is 0.253 e. The summed E-state index contributed by atoms with van der Waals surface area (Å²) in [6, 6.07) is 14.3. The Labute approximate surface area is 198 Å². The molecule has 2 N–H and O–H groups in total. The number of thioether (sulfide) groups is 1. The highest BCUT2D eigenvalue weighted by Crippen LogP contribution is 2.21. The van der Waals surface area contributed by atoms with Crippen LogP contribution in [0.15, 0.2) is 48.5 Å². The summed E-state index contributed by atoms with van der Waals surface area (Å²) in [7, 11) is 0. The summed E-state index contributed by atoms with van der Waals surface area (Å²) in [5, 5.41) is 6.48. The lowest BCUT2D eigenvalue weighted by Gasteiger charge is -2.23. The minimum atomic E-state index is -0.622. The monoisotopic (exact) mass is 481 g/mol. The van der Waals surface area contributed by atoms with Gasteiger partial charge in [0.05, 0.1) is 10.6 Å². The quantitative estimate of drug-likeness (QED) is 0.424. The number of hydrogen-bond acceptors (Lipinski definition) is 4. The zero-order chi connectivity index (χ0) is 22.6. The molecular formula is C23H29Cl2N3O2S. The summed E-state index contributed by atoms with van der Waals surface area (Å²) < 4.78 is 0. The van der Waals surface area contributed by atoms with Gasteiger partial charge in [0.1, 0.15) is 6.04 Å². The van der Waals surface area contributed by atoms with Crippen molar-refractivity contribution in [1.29, 1.82) is 0 Å². The molecule has 0 fully saturated rings. The minimum absolute atomic E-state index is 0.185. The Kier molecular flexibility index (Phi) is 11.1. The second kappa shape index (κ2) is 13.5. The zero-order valence-electron chi connectivity index (χ0n) is 17.9. The van der Waals surface area contributed by atoms with Gasteiger partial charge in [0, 0.05) is 30.3 Å². The summed E-state index contributed by atoms with van der Waals surface area (Å²) in [4.78, 5) is 27.6. The molecule has 0 heterocycles. The fourth-order valence-corrected chi connectivity index (χ4v) is 4.09. The third-order valence-corrected chi connectivity index (χ3v) is 6.01. The van der Waals surface area contributed by atoms with Crippen LogP contribution in [0.5, 0.6) is 0 Å². The molecule has 0 saturated heterocycles. The summed E-state index contributed by atoms with van der Waals surface area (Å²) in [6.07, 6.45) is 3.31. The van der Waals surface area contributed by atoms with Crippen LogP contribution in [0.2, 0.25) is 10.0 Å². The Bertz CT molecular complexity index is 852. The highest BCUT2D eigenvalue weighted by molar-refractivity contribution is 7.98. The summed E-state index contributed by atoms with van der Waals surface area (Å²) in [5.74, 6) is 0.184. The van der Waals surface area contributed by atoms with Gasteiger partial charge in [-0.15, -0.1) is 0 Å². The molecule has 0 aliphatic heterocycles. The Morgan fingerprint density at radius 2 is 1.87 bits per heavy atom. The van der Waals surface area contributed by atoms with Gasteiger partial charge < -0.3 is 15.5 Å². The molecule has 1 unspecified atom stereocenters. The molecule has 0 aliphatic rings. The van der Waals surface area contributed by atoms with E-state index in [2.05, 4.69) is 34.6 Å². The van der Waals surface area contributed by atoms with E-state index in [0.29, 0.717) is 23.6 Å². The number of benzene rings is 2. The average Bonchev–Trinajstić information content (AvgIpc) is 2.77. The number of hydrogen-bond donors (Lipinski definition) is 2. The Hall–Kier alpha value is -1.89. The molecule has 5 nitrogen and oxygen atoms in total. The van der Waals surface area contributed by atoms with Gasteiger partial charge in [-0.25, -0.2) is 0 Å². The van der Waals surface area contributed by atoms with Gasteiger partial charge in [0.15, 0.2) is 0 Å². The van der Waals surface area contributed by atoms with Gasteiger partial charge in [-0.3, -0.25) is 9.59 Å². The van der Waals surface area contributed by atoms with Crippen molar-refractivity contribution in [3.05, 3.63) is 64.1 Å². The maximum atomic E-state index is 12.7. The van der Waals surface area contributed by atoms with Gasteiger partial charge in [-0.1, -0.05) is 41.4 Å². The molecular weight excluding hydrogens is 453 g/mol. The van der Waals surface area contributed by atoms with E-state index in [9.17, 15) is 9.59 Å². The van der Waals surface area contributed by atoms with Crippen molar-refractivity contribution in [1.82, 2.24) is 10.6 Å². The van der Waals surface area contributed by atoms with Crippen molar-refractivity contribution in [2.24, 2.45) is 0 Å². The van der Waals surface area contributed by atoms with Crippen molar-refractivity contribution in [3.63, 3.8) is 0 Å². The van der Waals surface area contributed by atoms with Gasteiger partial charge in [-0.05, 0) is 62.1 Å². The van der Waals surface area contributed by atoms with Gasteiger partial charge in [-0.2, -0.15) is 11.8 Å². The molecule has 0 saturated carbocycles. The maximum absolute atomic E-state index is 12.7. The second-order valence-corrected chi connectivity index (χ2v) is 8.82. The summed E-state index contributed by atoms with van der Waals surface area (Å²) >= 11 is 13.7. The molecule has 0 bridgehead atoms. The Morgan fingerprint density at radius 3 is 2.52 bits per heavy atom. The van der Waals surface area contributed by atoms with Gasteiger partial charge in [0.2, 0.25) is 5.91 Å². The van der Waals surface area contributed by atoms with Crippen molar-refractivity contribution in [2.45, 2.75) is 25.8 Å². The van der Waals surface area contributed by atoms with Crippen LogP contribution < -0.4 is 15.5 Å². The normalized spacial score (nSPS) is 11.6. The molecule has 8 heteroatoms. The number of carbonyl (C=O) groups excluding carboxylic acids is 2. The molecule has 2 aromatic rings. The molecule has 31 heavy (non-hydrogen) atoms. The van der Waals surface area contributed by atoms with Crippen molar-refractivity contribution >= 4 is 52.5 Å². The zero-order valence-corrected chi connectivity index (χ0v) is 20.2. The smallest absolute Gasteiger partial charge is 0.253 e. The predicted octanol–water partition coefficient (Wildman–Crippen LogP) is 4.88. The topological polar surface area (TPSA) is 61.4 Å². The number of amides is 2. The van der Waals surface area contributed by atoms with E-state index in [1.54, 1.807) is 23.9 Å². The van der Waals surface area contributed by atoms with E-state index in [1.165, 1.54) is 11.8 Å². The van der Waals surface area contributed by atoms with Crippen LogP contribution >= 0.6 is 35.0 Å². The third kappa shape index (κ3) is 8.28. The number of anilines is 1. The lowest BCUT2D eigenvalue weighted by Crippen LogP contribution is -2.47. The van der Waals surface area contributed by atoms with Crippen molar-refractivity contribution < 1.29 is 9.59 Å². The van der Waals surface area contributed by atoms with Crippen LogP contribution in [-0.2, 0) is 4.79 Å². The number of para-hydroxylation sites is 1. The van der Waals surface area contributed by atoms with E-state index in [0.717, 1.165) is 25.3 Å². The van der Waals surface area contributed by atoms with E-state index >= 15 is 0 Å². The van der Waals surface area contributed by atoms with Crippen LogP contribution in [0.1, 0.15) is 30.1 Å². The highest BCUT2D eigenvalue weighted by Gasteiger charge is 2.22. The number of halogens is 2. The van der Waals surface area contributed by atoms with E-state index in [4.69, 9.17) is 23.2 Å². The summed E-state index contributed by atoms with van der Waals surface area (Å²) in [6.45, 7) is 4.38. The van der Waals surface area contributed by atoms with E-state index in [-0.39, 0.29) is 16.8 Å². The van der Waals surface area contributed by atoms with Crippen LogP contribution in [-0.4, -0.2) is 49.5 Å². The van der Waals surface area contributed by atoms with Crippen LogP contribution in [0.4, 0.5) is 5.69 Å². The molecule has 1 atom stereocenters. The lowest BCUT2D eigenvalue weighted by molar-refractivity contribution is -0.123. The molecule has 0 radical (unpaired) electrons. The summed E-state index contributed by atoms with van der Waals surface area (Å²) in [5.41, 5.74) is 1.47. The first-order valence-corrected chi connectivity index (χ1v) is 12.4. The predicted molar refractivity (Wildman–Crippen MR) is 133 cm³/mol. The number of rotatable bonds is 12. The Morgan fingerprint density at radius 1 is 1.13 bits per heavy atom. The second-order valence-electron chi connectivity index (χ2n) is 6.99. The van der Waals surface area contributed by atoms with Gasteiger partial charge in [0.25, 0.3) is 5.91 Å². The molecule has 2 amide bonds. The highest BCUT2D eigenvalue weighted by atomic mass is 35.5. The van der Waals surface area contributed by atoms with Gasteiger partial charge >= 0.3 is 0 Å². The Balaban J connectivity index is 1.89. The number of nitrogens with one attached hydrogen (secondary N) is 2. The fourth-order valence-electron chi connectivity index (χ4n) is 3.13. The molecule has 0 spiro atoms. The van der Waals surface area contributed by atoms with Crippen molar-refractivity contribution in [3.8, 4) is 0 Å². The molecule has 0 aromatic heterocycles. The van der Waals surface area contributed by atoms with Crippen LogP contribution in [0.25, 0.3) is 0 Å². The number of nitrogens with zero attached hydrogens (tertiary/aromatic N) is 1. The van der Waals surface area contributed by atoms with E-state index < -0.39 is 6.04 Å². The fraction of sp³-hybridized carbons (Fsp3) is 0.391. The number of carbonyl (C=O) groups is 2.